The fourth-order valence-corrected chi connectivity index (χ4v) is 2.14. The zero-order valence-corrected chi connectivity index (χ0v) is 12.0. The second-order valence-electron chi connectivity index (χ2n) is 5.13. The Bertz CT molecular complexity index is 507. The molecule has 1 aliphatic rings. The molecular formula is C13H20ClN3O2. The zero-order valence-electron chi connectivity index (χ0n) is 11.2. The Balaban J connectivity index is 0.00000180. The van der Waals surface area contributed by atoms with Crippen LogP contribution < -0.4 is 16.2 Å². The van der Waals surface area contributed by atoms with E-state index in [4.69, 9.17) is 0 Å². The van der Waals surface area contributed by atoms with E-state index in [1.54, 1.807) is 19.3 Å². The minimum Gasteiger partial charge on any atom is -0.347 e. The lowest BCUT2D eigenvalue weighted by molar-refractivity contribution is 0.0887. The average Bonchev–Trinajstić information content (AvgIpc) is 2.33. The van der Waals surface area contributed by atoms with Gasteiger partial charge in [-0.25, -0.2) is 0 Å². The molecule has 1 saturated heterocycles. The number of pyridine rings is 1. The maximum absolute atomic E-state index is 12.1. The largest absolute Gasteiger partial charge is 0.347 e. The highest BCUT2D eigenvalue weighted by Crippen LogP contribution is 2.17. The van der Waals surface area contributed by atoms with Crippen molar-refractivity contribution in [2.24, 2.45) is 7.05 Å². The SMILES string of the molecule is Cl.Cn1ccc(C(=O)NC2(C)CCNCC2)cc1=O. The van der Waals surface area contributed by atoms with E-state index in [0.717, 1.165) is 25.9 Å². The fourth-order valence-electron chi connectivity index (χ4n) is 2.14. The second-order valence-corrected chi connectivity index (χ2v) is 5.13. The highest BCUT2D eigenvalue weighted by atomic mass is 35.5. The van der Waals surface area contributed by atoms with Crippen LogP contribution in [0.15, 0.2) is 23.1 Å². The van der Waals surface area contributed by atoms with Crippen LogP contribution in [0.1, 0.15) is 30.1 Å². The number of aryl methyl sites for hydroxylation is 1. The first-order valence-electron chi connectivity index (χ1n) is 6.20. The number of rotatable bonds is 2. The van der Waals surface area contributed by atoms with Gasteiger partial charge in [0.25, 0.3) is 11.5 Å². The topological polar surface area (TPSA) is 63.1 Å². The summed E-state index contributed by atoms with van der Waals surface area (Å²) in [4.78, 5) is 23.6. The lowest BCUT2D eigenvalue weighted by atomic mass is 9.90. The second kappa shape index (κ2) is 6.21. The summed E-state index contributed by atoms with van der Waals surface area (Å²) in [6, 6.07) is 3.04. The predicted molar refractivity (Wildman–Crippen MR) is 76.9 cm³/mol. The van der Waals surface area contributed by atoms with Crippen molar-refractivity contribution in [3.63, 3.8) is 0 Å². The van der Waals surface area contributed by atoms with Crippen molar-refractivity contribution < 1.29 is 4.79 Å². The summed E-state index contributed by atoms with van der Waals surface area (Å²) in [7, 11) is 1.66. The summed E-state index contributed by atoms with van der Waals surface area (Å²) >= 11 is 0. The van der Waals surface area contributed by atoms with Crippen LogP contribution in [0.5, 0.6) is 0 Å². The van der Waals surface area contributed by atoms with Crippen LogP contribution in [0, 0.1) is 0 Å². The summed E-state index contributed by atoms with van der Waals surface area (Å²) in [5.41, 5.74) is 0.0830. The quantitative estimate of drug-likeness (QED) is 0.840. The molecule has 2 rings (SSSR count). The van der Waals surface area contributed by atoms with Gasteiger partial charge in [-0.1, -0.05) is 0 Å². The molecule has 0 radical (unpaired) electrons. The molecule has 0 aliphatic carbocycles. The summed E-state index contributed by atoms with van der Waals surface area (Å²) < 4.78 is 1.45. The third kappa shape index (κ3) is 3.81. The molecule has 2 N–H and O–H groups in total. The number of nitrogens with one attached hydrogen (secondary N) is 2. The van der Waals surface area contributed by atoms with E-state index < -0.39 is 0 Å². The molecule has 1 amide bonds. The third-order valence-corrected chi connectivity index (χ3v) is 3.49. The molecule has 0 bridgehead atoms. The molecule has 0 atom stereocenters. The van der Waals surface area contributed by atoms with E-state index in [1.807, 2.05) is 6.92 Å². The van der Waals surface area contributed by atoms with Gasteiger partial charge >= 0.3 is 0 Å². The standard InChI is InChI=1S/C13H19N3O2.ClH/c1-13(4-6-14-7-5-13)15-12(18)10-3-8-16(2)11(17)9-10;/h3,8-9,14H,4-7H2,1-2H3,(H,15,18);1H. The van der Waals surface area contributed by atoms with Crippen molar-refractivity contribution >= 4 is 18.3 Å². The number of carbonyl (C=O) groups is 1. The summed E-state index contributed by atoms with van der Waals surface area (Å²) in [5.74, 6) is -0.169. The van der Waals surface area contributed by atoms with Crippen molar-refractivity contribution in [2.75, 3.05) is 13.1 Å². The van der Waals surface area contributed by atoms with Gasteiger partial charge in [-0.2, -0.15) is 0 Å². The van der Waals surface area contributed by atoms with Gasteiger partial charge in [0.15, 0.2) is 0 Å². The molecule has 5 nitrogen and oxygen atoms in total. The van der Waals surface area contributed by atoms with Crippen molar-refractivity contribution in [1.82, 2.24) is 15.2 Å². The lowest BCUT2D eigenvalue weighted by Gasteiger charge is -2.35. The van der Waals surface area contributed by atoms with Gasteiger partial charge in [0.05, 0.1) is 0 Å². The Morgan fingerprint density at radius 3 is 2.63 bits per heavy atom. The average molecular weight is 286 g/mol. The number of amides is 1. The van der Waals surface area contributed by atoms with Crippen molar-refractivity contribution in [2.45, 2.75) is 25.3 Å². The summed E-state index contributed by atoms with van der Waals surface area (Å²) in [6.45, 7) is 3.87. The maximum atomic E-state index is 12.1. The summed E-state index contributed by atoms with van der Waals surface area (Å²) in [5, 5.41) is 6.30. The molecule has 1 aromatic rings. The van der Waals surface area contributed by atoms with Crippen molar-refractivity contribution in [3.8, 4) is 0 Å². The number of piperidine rings is 1. The molecule has 6 heteroatoms. The normalized spacial score (nSPS) is 17.4. The first-order valence-corrected chi connectivity index (χ1v) is 6.20. The van der Waals surface area contributed by atoms with Gasteiger partial charge in [0, 0.05) is 30.4 Å². The molecule has 2 heterocycles. The van der Waals surface area contributed by atoms with Gasteiger partial charge < -0.3 is 15.2 Å². The molecule has 19 heavy (non-hydrogen) atoms. The van der Waals surface area contributed by atoms with Crippen LogP contribution in [0.3, 0.4) is 0 Å². The number of hydrogen-bond acceptors (Lipinski definition) is 3. The van der Waals surface area contributed by atoms with Crippen LogP contribution in [-0.4, -0.2) is 29.1 Å². The van der Waals surface area contributed by atoms with Gasteiger partial charge in [0.1, 0.15) is 0 Å². The van der Waals surface area contributed by atoms with E-state index in [-0.39, 0.29) is 29.4 Å². The fraction of sp³-hybridized carbons (Fsp3) is 0.538. The van der Waals surface area contributed by atoms with Crippen LogP contribution in [0.4, 0.5) is 0 Å². The number of halogens is 1. The number of carbonyl (C=O) groups excluding carboxylic acids is 1. The molecule has 0 aromatic carbocycles. The number of hydrogen-bond donors (Lipinski definition) is 2. The zero-order chi connectivity index (χ0) is 13.2. The minimum absolute atomic E-state index is 0. The Hall–Kier alpha value is -1.33. The Morgan fingerprint density at radius 1 is 1.42 bits per heavy atom. The molecule has 1 aliphatic heterocycles. The molecular weight excluding hydrogens is 266 g/mol. The van der Waals surface area contributed by atoms with Gasteiger partial charge in [-0.05, 0) is 38.9 Å². The molecule has 106 valence electrons. The van der Waals surface area contributed by atoms with Gasteiger partial charge in [0.2, 0.25) is 0 Å². The van der Waals surface area contributed by atoms with Crippen LogP contribution in [0.2, 0.25) is 0 Å². The highest BCUT2D eigenvalue weighted by Gasteiger charge is 2.28. The molecule has 0 spiro atoms. The van der Waals surface area contributed by atoms with E-state index in [0.29, 0.717) is 5.56 Å². The molecule has 0 unspecified atom stereocenters. The lowest BCUT2D eigenvalue weighted by Crippen LogP contribution is -2.52. The smallest absolute Gasteiger partial charge is 0.251 e. The van der Waals surface area contributed by atoms with Crippen LogP contribution >= 0.6 is 12.4 Å². The Kier molecular flexibility index (Phi) is 5.14. The predicted octanol–water partition coefficient (Wildman–Crippen LogP) is 0.679. The van der Waals surface area contributed by atoms with Gasteiger partial charge in [-0.3, -0.25) is 9.59 Å². The van der Waals surface area contributed by atoms with E-state index in [9.17, 15) is 9.59 Å². The van der Waals surface area contributed by atoms with Crippen molar-refractivity contribution in [3.05, 3.63) is 34.2 Å². The summed E-state index contributed by atoms with van der Waals surface area (Å²) in [6.07, 6.45) is 3.43. The first-order chi connectivity index (χ1) is 8.50. The van der Waals surface area contributed by atoms with Gasteiger partial charge in [-0.15, -0.1) is 12.4 Å². The highest BCUT2D eigenvalue weighted by molar-refractivity contribution is 5.94. The monoisotopic (exact) mass is 285 g/mol. The van der Waals surface area contributed by atoms with Crippen LogP contribution in [-0.2, 0) is 7.05 Å². The Labute approximate surface area is 118 Å². The number of nitrogens with zero attached hydrogens (tertiary/aromatic N) is 1. The third-order valence-electron chi connectivity index (χ3n) is 3.49. The molecule has 1 fully saturated rings. The van der Waals surface area contributed by atoms with Crippen molar-refractivity contribution in [1.29, 1.82) is 0 Å². The Morgan fingerprint density at radius 2 is 2.05 bits per heavy atom. The van der Waals surface area contributed by atoms with E-state index >= 15 is 0 Å². The van der Waals surface area contributed by atoms with E-state index in [1.165, 1.54) is 10.6 Å². The maximum Gasteiger partial charge on any atom is 0.251 e. The first kappa shape index (κ1) is 15.7. The van der Waals surface area contributed by atoms with Crippen LogP contribution in [0.25, 0.3) is 0 Å². The molecule has 1 aromatic heterocycles. The molecule has 0 saturated carbocycles. The number of aromatic nitrogens is 1. The minimum atomic E-state index is -0.177. The van der Waals surface area contributed by atoms with E-state index in [2.05, 4.69) is 10.6 Å².